The fourth-order valence-electron chi connectivity index (χ4n) is 6.81. The molecule has 0 bridgehead atoms. The van der Waals surface area contributed by atoms with E-state index in [0.29, 0.717) is 30.5 Å². The predicted octanol–water partition coefficient (Wildman–Crippen LogP) is 4.51. The number of unbranched alkanes of at least 4 members (excludes halogenated alkanes) is 5. The lowest BCUT2D eigenvalue weighted by atomic mass is 10.0. The van der Waals surface area contributed by atoms with Gasteiger partial charge >= 0.3 is 0 Å². The quantitative estimate of drug-likeness (QED) is 0.159. The van der Waals surface area contributed by atoms with Crippen LogP contribution in [0.4, 0.5) is 11.5 Å². The second kappa shape index (κ2) is 13.8. The molecule has 3 aliphatic heterocycles. The molecule has 4 N–H and O–H groups in total. The summed E-state index contributed by atoms with van der Waals surface area (Å²) in [5.41, 5.74) is 3.31. The summed E-state index contributed by atoms with van der Waals surface area (Å²) in [6.07, 6.45) is 10.5. The Morgan fingerprint density at radius 2 is 1.78 bits per heavy atom. The van der Waals surface area contributed by atoms with Gasteiger partial charge in [-0.25, -0.2) is 4.98 Å². The van der Waals surface area contributed by atoms with Gasteiger partial charge < -0.3 is 15.6 Å². The molecule has 46 heavy (non-hydrogen) atoms. The maximum atomic E-state index is 13.2. The highest BCUT2D eigenvalue weighted by atomic mass is 16.2. The summed E-state index contributed by atoms with van der Waals surface area (Å²) >= 11 is 0. The van der Waals surface area contributed by atoms with Gasteiger partial charge in [-0.1, -0.05) is 31.7 Å². The van der Waals surface area contributed by atoms with Crippen molar-refractivity contribution in [2.75, 3.05) is 30.8 Å². The Bertz CT molecular complexity index is 1670. The van der Waals surface area contributed by atoms with Crippen LogP contribution < -0.4 is 16.0 Å². The number of amides is 5. The molecule has 3 aromatic rings. The van der Waals surface area contributed by atoms with Crippen molar-refractivity contribution in [2.24, 2.45) is 0 Å². The number of aromatic amines is 1. The highest BCUT2D eigenvalue weighted by molar-refractivity contribution is 6.25. The molecule has 1 unspecified atom stereocenters. The normalized spacial score (nSPS) is 20.0. The fraction of sp³-hybridized carbons (Fsp3) is 0.471. The lowest BCUT2D eigenvalue weighted by molar-refractivity contribution is -0.136. The molecule has 0 aliphatic carbocycles. The van der Waals surface area contributed by atoms with E-state index in [2.05, 4.69) is 43.9 Å². The van der Waals surface area contributed by atoms with Crippen LogP contribution in [0.1, 0.15) is 103 Å². The van der Waals surface area contributed by atoms with Crippen LogP contribution in [-0.4, -0.2) is 75.5 Å². The number of aromatic nitrogens is 2. The Hall–Kier alpha value is -4.58. The standard InChI is InChI=1S/C34H41N7O5/c1-40-17-9-12-26(40)25-18-21-20-36-28(19-24(21)37-25)38-29(42)13-6-4-2-3-5-7-16-35-23-11-8-10-22-31(23)34(46)41(33(22)45)27-14-15-30(43)39-32(27)44/h8,10-11,18-20,26-27,35,37H,2-7,9,12-17H2,1H3,(H,36,38,42)(H,39,43,44)/t26-,27?/m1/s1. The number of likely N-dealkylation sites (tertiary alicyclic amines) is 1. The van der Waals surface area contributed by atoms with Crippen LogP contribution in [0, 0.1) is 0 Å². The Morgan fingerprint density at radius 1 is 0.978 bits per heavy atom. The van der Waals surface area contributed by atoms with Crippen LogP contribution in [0.5, 0.6) is 0 Å². The van der Waals surface area contributed by atoms with Crippen molar-refractivity contribution in [3.63, 3.8) is 0 Å². The molecule has 2 fully saturated rings. The lowest BCUT2D eigenvalue weighted by Crippen LogP contribution is -2.54. The van der Waals surface area contributed by atoms with Crippen molar-refractivity contribution in [3.05, 3.63) is 53.3 Å². The van der Waals surface area contributed by atoms with Gasteiger partial charge in [-0.2, -0.15) is 0 Å². The number of H-pyrrole nitrogens is 1. The highest BCUT2D eigenvalue weighted by Gasteiger charge is 2.45. The number of anilines is 2. The fourth-order valence-corrected chi connectivity index (χ4v) is 6.81. The molecule has 12 nitrogen and oxygen atoms in total. The van der Waals surface area contributed by atoms with Gasteiger partial charge in [0.05, 0.1) is 16.6 Å². The van der Waals surface area contributed by atoms with Crippen molar-refractivity contribution < 1.29 is 24.0 Å². The van der Waals surface area contributed by atoms with Crippen LogP contribution in [0.2, 0.25) is 0 Å². The van der Waals surface area contributed by atoms with Gasteiger partial charge in [0.1, 0.15) is 11.9 Å². The third-order valence-corrected chi connectivity index (χ3v) is 9.29. The van der Waals surface area contributed by atoms with Crippen molar-refractivity contribution in [1.29, 1.82) is 0 Å². The number of benzene rings is 1. The molecular weight excluding hydrogens is 586 g/mol. The third kappa shape index (κ3) is 6.67. The van der Waals surface area contributed by atoms with Gasteiger partial charge in [0.15, 0.2) is 0 Å². The molecule has 242 valence electrons. The minimum atomic E-state index is -0.980. The van der Waals surface area contributed by atoms with E-state index in [-0.39, 0.29) is 29.9 Å². The van der Waals surface area contributed by atoms with E-state index in [1.807, 2.05) is 12.3 Å². The van der Waals surface area contributed by atoms with Crippen molar-refractivity contribution in [2.45, 2.75) is 82.7 Å². The second-order valence-electron chi connectivity index (χ2n) is 12.5. The van der Waals surface area contributed by atoms with Crippen LogP contribution >= 0.6 is 0 Å². The Morgan fingerprint density at radius 3 is 2.57 bits per heavy atom. The number of piperidine rings is 1. The number of imide groups is 2. The maximum Gasteiger partial charge on any atom is 0.264 e. The number of nitrogens with one attached hydrogen (secondary N) is 4. The molecule has 0 radical (unpaired) electrons. The molecule has 0 spiro atoms. The number of hydrogen-bond donors (Lipinski definition) is 4. The second-order valence-corrected chi connectivity index (χ2v) is 12.5. The van der Waals surface area contributed by atoms with Gasteiger partial charge in [0.2, 0.25) is 17.7 Å². The molecule has 6 rings (SSSR count). The Balaban J connectivity index is 0.880. The van der Waals surface area contributed by atoms with E-state index < -0.39 is 29.7 Å². The van der Waals surface area contributed by atoms with E-state index in [9.17, 15) is 24.0 Å². The number of fused-ring (bicyclic) bond motifs is 2. The number of nitrogens with zero attached hydrogens (tertiary/aromatic N) is 3. The molecule has 2 saturated heterocycles. The zero-order valence-corrected chi connectivity index (χ0v) is 26.2. The Labute approximate surface area is 267 Å². The van der Waals surface area contributed by atoms with Gasteiger partial charge in [0, 0.05) is 54.5 Å². The topological polar surface area (TPSA) is 157 Å². The van der Waals surface area contributed by atoms with Crippen molar-refractivity contribution in [1.82, 2.24) is 25.1 Å². The average molecular weight is 628 g/mol. The first-order valence-corrected chi connectivity index (χ1v) is 16.4. The van der Waals surface area contributed by atoms with Crippen molar-refractivity contribution >= 4 is 51.9 Å². The minimum Gasteiger partial charge on any atom is -0.384 e. The first-order chi connectivity index (χ1) is 22.3. The molecule has 2 aromatic heterocycles. The van der Waals surface area contributed by atoms with E-state index in [1.54, 1.807) is 18.2 Å². The van der Waals surface area contributed by atoms with E-state index in [4.69, 9.17) is 0 Å². The minimum absolute atomic E-state index is 0.0297. The molecule has 0 saturated carbocycles. The number of pyridine rings is 1. The SMILES string of the molecule is CN1CCC[C@@H]1c1cc2cnc(NC(=O)CCCCCCCCNc3cccc4c3C(=O)N(C3CCC(=O)NC3=O)C4=O)cc2[nH]1. The molecule has 5 heterocycles. The summed E-state index contributed by atoms with van der Waals surface area (Å²) in [6.45, 7) is 1.74. The van der Waals surface area contributed by atoms with E-state index in [1.165, 1.54) is 12.1 Å². The Kier molecular flexibility index (Phi) is 9.43. The zero-order chi connectivity index (χ0) is 32.2. The van der Waals surface area contributed by atoms with Crippen LogP contribution in [0.3, 0.4) is 0 Å². The smallest absolute Gasteiger partial charge is 0.264 e. The zero-order valence-electron chi connectivity index (χ0n) is 26.2. The molecule has 2 atom stereocenters. The summed E-state index contributed by atoms with van der Waals surface area (Å²) in [7, 11) is 2.15. The van der Waals surface area contributed by atoms with E-state index >= 15 is 0 Å². The number of carbonyl (C=O) groups is 5. The summed E-state index contributed by atoms with van der Waals surface area (Å²) in [6, 6.07) is 8.57. The first-order valence-electron chi connectivity index (χ1n) is 16.4. The van der Waals surface area contributed by atoms with Crippen LogP contribution in [-0.2, 0) is 14.4 Å². The largest absolute Gasteiger partial charge is 0.384 e. The van der Waals surface area contributed by atoms with Crippen molar-refractivity contribution in [3.8, 4) is 0 Å². The summed E-state index contributed by atoms with van der Waals surface area (Å²) in [5.74, 6) is -1.50. The maximum absolute atomic E-state index is 13.2. The first kappa shape index (κ1) is 31.4. The van der Waals surface area contributed by atoms with Gasteiger partial charge in [-0.3, -0.25) is 39.1 Å². The number of hydrogen-bond acceptors (Lipinski definition) is 8. The third-order valence-electron chi connectivity index (χ3n) is 9.29. The van der Waals surface area contributed by atoms with Gasteiger partial charge in [-0.05, 0) is 63.9 Å². The monoisotopic (exact) mass is 627 g/mol. The summed E-state index contributed by atoms with van der Waals surface area (Å²) < 4.78 is 0. The average Bonchev–Trinajstić information content (AvgIpc) is 3.72. The molecule has 3 aliphatic rings. The number of carbonyl (C=O) groups excluding carboxylic acids is 5. The molecule has 1 aromatic carbocycles. The summed E-state index contributed by atoms with van der Waals surface area (Å²) in [4.78, 5) is 73.9. The van der Waals surface area contributed by atoms with Crippen LogP contribution in [0.25, 0.3) is 10.9 Å². The van der Waals surface area contributed by atoms with Gasteiger partial charge in [-0.15, -0.1) is 0 Å². The van der Waals surface area contributed by atoms with Gasteiger partial charge in [0.25, 0.3) is 11.8 Å². The van der Waals surface area contributed by atoms with Crippen LogP contribution in [0.15, 0.2) is 36.5 Å². The summed E-state index contributed by atoms with van der Waals surface area (Å²) in [5, 5.41) is 9.50. The predicted molar refractivity (Wildman–Crippen MR) is 173 cm³/mol. The highest BCUT2D eigenvalue weighted by Crippen LogP contribution is 2.33. The number of rotatable bonds is 13. The molecular formula is C34H41N7O5. The molecule has 5 amide bonds. The lowest BCUT2D eigenvalue weighted by Gasteiger charge is -2.27. The van der Waals surface area contributed by atoms with E-state index in [0.717, 1.165) is 67.3 Å². The molecule has 12 heteroatoms.